The van der Waals surface area contributed by atoms with Gasteiger partial charge in [-0.2, -0.15) is 0 Å². The van der Waals surface area contributed by atoms with E-state index in [1.807, 2.05) is 7.11 Å². The van der Waals surface area contributed by atoms with E-state index < -0.39 is 0 Å². The summed E-state index contributed by atoms with van der Waals surface area (Å²) in [6.45, 7) is 8.60. The number of piperidine rings is 1. The molecule has 0 atom stereocenters. The smallest absolute Gasteiger partial charge is 0.0605 e. The van der Waals surface area contributed by atoms with Gasteiger partial charge in [0.15, 0.2) is 0 Å². The van der Waals surface area contributed by atoms with Crippen molar-refractivity contribution < 1.29 is 4.74 Å². The quantitative estimate of drug-likeness (QED) is 0.840. The van der Waals surface area contributed by atoms with E-state index in [0.29, 0.717) is 12.0 Å². The van der Waals surface area contributed by atoms with Crippen LogP contribution in [0.15, 0.2) is 22.7 Å². The van der Waals surface area contributed by atoms with Crippen molar-refractivity contribution in [3.05, 3.63) is 28.2 Å². The molecule has 1 aromatic carbocycles. The topological polar surface area (TPSA) is 24.5 Å². The zero-order chi connectivity index (χ0) is 15.2. The molecule has 21 heavy (non-hydrogen) atoms. The van der Waals surface area contributed by atoms with Crippen molar-refractivity contribution >= 4 is 21.6 Å². The van der Waals surface area contributed by atoms with Gasteiger partial charge in [-0.3, -0.25) is 0 Å². The number of nitrogens with zero attached hydrogens (tertiary/aromatic N) is 1. The van der Waals surface area contributed by atoms with Crippen LogP contribution in [0.25, 0.3) is 0 Å². The van der Waals surface area contributed by atoms with Gasteiger partial charge in [0.1, 0.15) is 0 Å². The molecule has 4 heteroatoms. The van der Waals surface area contributed by atoms with Crippen molar-refractivity contribution in [3.8, 4) is 0 Å². The summed E-state index contributed by atoms with van der Waals surface area (Å²) in [6.07, 6.45) is 2.67. The molecule has 0 aromatic heterocycles. The molecule has 0 aliphatic carbocycles. The van der Waals surface area contributed by atoms with Crippen molar-refractivity contribution in [3.63, 3.8) is 0 Å². The summed E-state index contributed by atoms with van der Waals surface area (Å²) in [7, 11) is 1.82. The SMILES string of the molecule is COC1CCN(c2ccc(CNCC(C)C)c(Br)c2)CC1. The van der Waals surface area contributed by atoms with Crippen LogP contribution in [0.3, 0.4) is 0 Å². The molecule has 3 nitrogen and oxygen atoms in total. The lowest BCUT2D eigenvalue weighted by Crippen LogP contribution is -2.36. The van der Waals surface area contributed by atoms with Gasteiger partial charge >= 0.3 is 0 Å². The lowest BCUT2D eigenvalue weighted by molar-refractivity contribution is 0.0819. The highest BCUT2D eigenvalue weighted by molar-refractivity contribution is 9.10. The number of benzene rings is 1. The van der Waals surface area contributed by atoms with Crippen molar-refractivity contribution in [1.82, 2.24) is 5.32 Å². The van der Waals surface area contributed by atoms with E-state index in [9.17, 15) is 0 Å². The zero-order valence-electron chi connectivity index (χ0n) is 13.4. The molecule has 1 heterocycles. The highest BCUT2D eigenvalue weighted by atomic mass is 79.9. The molecule has 0 amide bonds. The lowest BCUT2D eigenvalue weighted by Gasteiger charge is -2.33. The summed E-state index contributed by atoms with van der Waals surface area (Å²) in [6, 6.07) is 6.72. The predicted octanol–water partition coefficient (Wildman–Crippen LogP) is 3.81. The third kappa shape index (κ3) is 4.97. The van der Waals surface area contributed by atoms with Crippen molar-refractivity contribution in [2.24, 2.45) is 5.92 Å². The summed E-state index contributed by atoms with van der Waals surface area (Å²) in [4.78, 5) is 2.45. The molecule has 1 saturated heterocycles. The summed E-state index contributed by atoms with van der Waals surface area (Å²) in [5.41, 5.74) is 2.63. The van der Waals surface area contributed by atoms with Gasteiger partial charge < -0.3 is 15.0 Å². The second kappa shape index (κ2) is 8.16. The molecule has 0 saturated carbocycles. The van der Waals surface area contributed by atoms with Crippen molar-refractivity contribution in [2.75, 3.05) is 31.6 Å². The molecule has 2 rings (SSSR count). The van der Waals surface area contributed by atoms with Crippen LogP contribution in [0.4, 0.5) is 5.69 Å². The van der Waals surface area contributed by atoms with Crippen molar-refractivity contribution in [2.45, 2.75) is 39.3 Å². The number of rotatable bonds is 6. The minimum atomic E-state index is 0.434. The fourth-order valence-electron chi connectivity index (χ4n) is 2.72. The molecule has 118 valence electrons. The molecule has 1 aliphatic rings. The molecule has 0 radical (unpaired) electrons. The van der Waals surface area contributed by atoms with Gasteiger partial charge in [-0.05, 0) is 43.0 Å². The first kappa shape index (κ1) is 16.8. The normalized spacial score (nSPS) is 16.7. The Morgan fingerprint density at radius 3 is 2.62 bits per heavy atom. The Hall–Kier alpha value is -0.580. The highest BCUT2D eigenvalue weighted by Gasteiger charge is 2.19. The van der Waals surface area contributed by atoms with Crippen LogP contribution in [0, 0.1) is 5.92 Å². The summed E-state index contributed by atoms with van der Waals surface area (Å²) < 4.78 is 6.64. The molecular weight excluding hydrogens is 328 g/mol. The van der Waals surface area contributed by atoms with Gasteiger partial charge in [0, 0.05) is 36.9 Å². The number of hydrogen-bond acceptors (Lipinski definition) is 3. The Morgan fingerprint density at radius 2 is 2.05 bits per heavy atom. The maximum absolute atomic E-state index is 5.44. The maximum atomic E-state index is 5.44. The molecule has 0 bridgehead atoms. The molecule has 1 fully saturated rings. The Bertz CT molecular complexity index is 442. The van der Waals surface area contributed by atoms with Crippen LogP contribution >= 0.6 is 15.9 Å². The number of anilines is 1. The predicted molar refractivity (Wildman–Crippen MR) is 92.9 cm³/mol. The van der Waals surface area contributed by atoms with E-state index in [2.05, 4.69) is 58.2 Å². The molecule has 0 spiro atoms. The van der Waals surface area contributed by atoms with E-state index in [-0.39, 0.29) is 0 Å². The minimum Gasteiger partial charge on any atom is -0.381 e. The van der Waals surface area contributed by atoms with Gasteiger partial charge in [-0.1, -0.05) is 35.8 Å². The first-order chi connectivity index (χ1) is 10.1. The minimum absolute atomic E-state index is 0.434. The first-order valence-corrected chi connectivity index (χ1v) is 8.66. The Labute approximate surface area is 137 Å². The van der Waals surface area contributed by atoms with E-state index in [1.165, 1.54) is 15.7 Å². The van der Waals surface area contributed by atoms with Crippen LogP contribution in [0.2, 0.25) is 0 Å². The van der Waals surface area contributed by atoms with E-state index >= 15 is 0 Å². The second-order valence-corrected chi connectivity index (χ2v) is 7.08. The summed E-state index contributed by atoms with van der Waals surface area (Å²) in [5, 5.41) is 3.49. The third-order valence-electron chi connectivity index (χ3n) is 4.05. The second-order valence-electron chi connectivity index (χ2n) is 6.22. The van der Waals surface area contributed by atoms with E-state index in [1.54, 1.807) is 0 Å². The Kier molecular flexibility index (Phi) is 6.52. The average Bonchev–Trinajstić information content (AvgIpc) is 2.48. The van der Waals surface area contributed by atoms with Crippen LogP contribution in [0.1, 0.15) is 32.3 Å². The van der Waals surface area contributed by atoms with E-state index in [0.717, 1.165) is 39.0 Å². The van der Waals surface area contributed by atoms with Gasteiger partial charge in [0.05, 0.1) is 6.10 Å². The number of halogens is 1. The van der Waals surface area contributed by atoms with Gasteiger partial charge in [-0.25, -0.2) is 0 Å². The van der Waals surface area contributed by atoms with Gasteiger partial charge in [0.25, 0.3) is 0 Å². The summed E-state index contributed by atoms with van der Waals surface area (Å²) >= 11 is 3.72. The highest BCUT2D eigenvalue weighted by Crippen LogP contribution is 2.27. The average molecular weight is 355 g/mol. The molecule has 1 aliphatic heterocycles. The number of hydrogen-bond donors (Lipinski definition) is 1. The Balaban J connectivity index is 1.92. The fraction of sp³-hybridized carbons (Fsp3) is 0.647. The van der Waals surface area contributed by atoms with Gasteiger partial charge in [-0.15, -0.1) is 0 Å². The lowest BCUT2D eigenvalue weighted by atomic mass is 10.1. The van der Waals surface area contributed by atoms with E-state index in [4.69, 9.17) is 4.74 Å². The molecule has 1 aromatic rings. The number of ether oxygens (including phenoxy) is 1. The standard InChI is InChI=1S/C17H27BrN2O/c1-13(2)11-19-12-14-4-5-15(10-17(14)18)20-8-6-16(21-3)7-9-20/h4-5,10,13,16,19H,6-9,11-12H2,1-3H3. The van der Waals surface area contributed by atoms with Crippen LogP contribution in [-0.2, 0) is 11.3 Å². The zero-order valence-corrected chi connectivity index (χ0v) is 14.9. The third-order valence-corrected chi connectivity index (χ3v) is 4.78. The van der Waals surface area contributed by atoms with Gasteiger partial charge in [0.2, 0.25) is 0 Å². The molecule has 1 N–H and O–H groups in total. The number of nitrogens with one attached hydrogen (secondary N) is 1. The Morgan fingerprint density at radius 1 is 1.33 bits per heavy atom. The van der Waals surface area contributed by atoms with Crippen molar-refractivity contribution in [1.29, 1.82) is 0 Å². The number of methoxy groups -OCH3 is 1. The summed E-state index contributed by atoms with van der Waals surface area (Å²) in [5.74, 6) is 0.685. The monoisotopic (exact) mass is 354 g/mol. The first-order valence-electron chi connectivity index (χ1n) is 7.87. The van der Waals surface area contributed by atoms with Crippen LogP contribution in [-0.4, -0.2) is 32.8 Å². The largest absolute Gasteiger partial charge is 0.381 e. The molecule has 0 unspecified atom stereocenters. The van der Waals surface area contributed by atoms with Crippen LogP contribution < -0.4 is 10.2 Å². The molecular formula is C17H27BrN2O. The van der Waals surface area contributed by atoms with Crippen LogP contribution in [0.5, 0.6) is 0 Å². The maximum Gasteiger partial charge on any atom is 0.0605 e. The fourth-order valence-corrected chi connectivity index (χ4v) is 3.23.